The van der Waals surface area contributed by atoms with Crippen LogP contribution in [0.1, 0.15) is 25.7 Å². The fourth-order valence-corrected chi connectivity index (χ4v) is 4.49. The van der Waals surface area contributed by atoms with Crippen LogP contribution in [0.15, 0.2) is 64.4 Å². The molecule has 1 saturated heterocycles. The van der Waals surface area contributed by atoms with Gasteiger partial charge in [-0.2, -0.15) is 0 Å². The fraction of sp³-hybridized carbons (Fsp3) is 0.391. The highest BCUT2D eigenvalue weighted by atomic mass is 32.2. The molecule has 1 saturated carbocycles. The SMILES string of the molecule is O=C(CN1CCC(NC(=O)C2CC2)CC1)Nc1ccccc1Sc1ccccc1. The number of para-hydroxylation sites is 1. The molecule has 1 aliphatic carbocycles. The number of rotatable bonds is 7. The lowest BCUT2D eigenvalue weighted by molar-refractivity contribution is -0.123. The Labute approximate surface area is 176 Å². The monoisotopic (exact) mass is 409 g/mol. The minimum Gasteiger partial charge on any atom is -0.353 e. The number of anilines is 1. The van der Waals surface area contributed by atoms with E-state index in [-0.39, 0.29) is 23.8 Å². The molecule has 2 N–H and O–H groups in total. The lowest BCUT2D eigenvalue weighted by atomic mass is 10.0. The Hall–Kier alpha value is -2.31. The minimum atomic E-state index is 0.00609. The first-order valence-electron chi connectivity index (χ1n) is 10.3. The molecule has 29 heavy (non-hydrogen) atoms. The normalized spacial score (nSPS) is 17.7. The molecule has 0 spiro atoms. The van der Waals surface area contributed by atoms with Crippen molar-refractivity contribution < 1.29 is 9.59 Å². The van der Waals surface area contributed by atoms with E-state index >= 15 is 0 Å². The predicted octanol–water partition coefficient (Wildman–Crippen LogP) is 3.77. The Kier molecular flexibility index (Phi) is 6.52. The van der Waals surface area contributed by atoms with Crippen molar-refractivity contribution in [2.24, 2.45) is 5.92 Å². The van der Waals surface area contributed by atoms with Crippen LogP contribution in [-0.2, 0) is 9.59 Å². The van der Waals surface area contributed by atoms with E-state index in [0.717, 1.165) is 54.3 Å². The van der Waals surface area contributed by atoms with E-state index in [4.69, 9.17) is 0 Å². The highest BCUT2D eigenvalue weighted by molar-refractivity contribution is 7.99. The second-order valence-corrected chi connectivity index (χ2v) is 8.91. The van der Waals surface area contributed by atoms with Crippen LogP contribution in [0, 0.1) is 5.92 Å². The number of nitrogens with zero attached hydrogens (tertiary/aromatic N) is 1. The van der Waals surface area contributed by atoms with Crippen LogP contribution in [-0.4, -0.2) is 42.4 Å². The van der Waals surface area contributed by atoms with Crippen LogP contribution < -0.4 is 10.6 Å². The Morgan fingerprint density at radius 2 is 1.62 bits per heavy atom. The molecule has 0 radical (unpaired) electrons. The van der Waals surface area contributed by atoms with Crippen LogP contribution in [0.5, 0.6) is 0 Å². The van der Waals surface area contributed by atoms with E-state index < -0.39 is 0 Å². The summed E-state index contributed by atoms with van der Waals surface area (Å²) in [5, 5.41) is 6.23. The topological polar surface area (TPSA) is 61.4 Å². The van der Waals surface area contributed by atoms with Crippen LogP contribution in [0.3, 0.4) is 0 Å². The number of likely N-dealkylation sites (tertiary alicyclic amines) is 1. The number of piperidine rings is 1. The molecule has 2 amide bonds. The zero-order valence-corrected chi connectivity index (χ0v) is 17.3. The Morgan fingerprint density at radius 3 is 2.34 bits per heavy atom. The summed E-state index contributed by atoms with van der Waals surface area (Å²) in [6.45, 7) is 2.06. The minimum absolute atomic E-state index is 0.00609. The zero-order valence-electron chi connectivity index (χ0n) is 16.5. The van der Waals surface area contributed by atoms with Crippen molar-refractivity contribution in [3.63, 3.8) is 0 Å². The van der Waals surface area contributed by atoms with Crippen LogP contribution in [0.25, 0.3) is 0 Å². The second kappa shape index (κ2) is 9.46. The number of nitrogens with one attached hydrogen (secondary N) is 2. The molecular formula is C23H27N3O2S. The maximum atomic E-state index is 12.6. The predicted molar refractivity (Wildman–Crippen MR) is 116 cm³/mol. The molecule has 0 unspecified atom stereocenters. The Bertz CT molecular complexity index is 846. The Balaban J connectivity index is 1.26. The average molecular weight is 410 g/mol. The number of hydrogen-bond acceptors (Lipinski definition) is 4. The lowest BCUT2D eigenvalue weighted by Crippen LogP contribution is -2.46. The van der Waals surface area contributed by atoms with Gasteiger partial charge >= 0.3 is 0 Å². The van der Waals surface area contributed by atoms with Gasteiger partial charge in [0.05, 0.1) is 12.2 Å². The number of benzene rings is 2. The van der Waals surface area contributed by atoms with Crippen molar-refractivity contribution in [1.82, 2.24) is 10.2 Å². The molecule has 0 bridgehead atoms. The highest BCUT2D eigenvalue weighted by Gasteiger charge is 2.31. The van der Waals surface area contributed by atoms with E-state index in [9.17, 15) is 9.59 Å². The summed E-state index contributed by atoms with van der Waals surface area (Å²) < 4.78 is 0. The quantitative estimate of drug-likeness (QED) is 0.731. The van der Waals surface area contributed by atoms with Gasteiger partial charge < -0.3 is 10.6 Å². The Morgan fingerprint density at radius 1 is 0.931 bits per heavy atom. The molecule has 2 fully saturated rings. The van der Waals surface area contributed by atoms with Crippen molar-refractivity contribution in [2.75, 3.05) is 25.0 Å². The standard InChI is InChI=1S/C23H27N3O2S/c27-22(16-26-14-12-18(13-15-26)24-23(28)17-10-11-17)25-20-8-4-5-9-21(20)29-19-6-2-1-3-7-19/h1-9,17-18H,10-16H2,(H,24,28)(H,25,27). The number of carbonyl (C=O) groups is 2. The summed E-state index contributed by atoms with van der Waals surface area (Å²) in [7, 11) is 0. The van der Waals surface area contributed by atoms with E-state index in [1.54, 1.807) is 11.8 Å². The molecule has 1 heterocycles. The summed E-state index contributed by atoms with van der Waals surface area (Å²) in [4.78, 5) is 28.9. The molecule has 2 aromatic rings. The maximum Gasteiger partial charge on any atom is 0.238 e. The summed E-state index contributed by atoms with van der Waals surface area (Å²) >= 11 is 1.65. The average Bonchev–Trinajstić information content (AvgIpc) is 3.57. The van der Waals surface area contributed by atoms with Crippen LogP contribution in [0.4, 0.5) is 5.69 Å². The maximum absolute atomic E-state index is 12.6. The second-order valence-electron chi connectivity index (χ2n) is 7.79. The van der Waals surface area contributed by atoms with Gasteiger partial charge in [-0.15, -0.1) is 0 Å². The van der Waals surface area contributed by atoms with Crippen molar-refractivity contribution in [1.29, 1.82) is 0 Å². The van der Waals surface area contributed by atoms with Gasteiger partial charge in [-0.25, -0.2) is 0 Å². The molecule has 1 aliphatic heterocycles. The van der Waals surface area contributed by atoms with Crippen molar-refractivity contribution >= 4 is 29.3 Å². The first kappa shape index (κ1) is 20.0. The molecular weight excluding hydrogens is 382 g/mol. The van der Waals surface area contributed by atoms with Crippen molar-refractivity contribution in [3.8, 4) is 0 Å². The van der Waals surface area contributed by atoms with E-state index in [1.807, 2.05) is 42.5 Å². The first-order chi connectivity index (χ1) is 14.2. The molecule has 152 valence electrons. The molecule has 6 heteroatoms. The van der Waals surface area contributed by atoms with Crippen LogP contribution >= 0.6 is 11.8 Å². The largest absolute Gasteiger partial charge is 0.353 e. The summed E-state index contributed by atoms with van der Waals surface area (Å²) in [5.74, 6) is 0.480. The number of amides is 2. The van der Waals surface area contributed by atoms with Gasteiger partial charge in [0.2, 0.25) is 11.8 Å². The number of carbonyl (C=O) groups excluding carboxylic acids is 2. The third-order valence-corrected chi connectivity index (χ3v) is 6.47. The molecule has 5 nitrogen and oxygen atoms in total. The summed E-state index contributed by atoms with van der Waals surface area (Å²) in [5.41, 5.74) is 0.845. The lowest BCUT2D eigenvalue weighted by Gasteiger charge is -2.32. The molecule has 2 aromatic carbocycles. The fourth-order valence-electron chi connectivity index (χ4n) is 3.57. The third-order valence-electron chi connectivity index (χ3n) is 5.38. The van der Waals surface area contributed by atoms with Gasteiger partial charge in [0.25, 0.3) is 0 Å². The first-order valence-corrected chi connectivity index (χ1v) is 11.1. The van der Waals surface area contributed by atoms with Crippen LogP contribution in [0.2, 0.25) is 0 Å². The van der Waals surface area contributed by atoms with Gasteiger partial charge in [-0.3, -0.25) is 14.5 Å². The van der Waals surface area contributed by atoms with Gasteiger partial charge in [0.15, 0.2) is 0 Å². The highest BCUT2D eigenvalue weighted by Crippen LogP contribution is 2.33. The smallest absolute Gasteiger partial charge is 0.238 e. The van der Waals surface area contributed by atoms with Gasteiger partial charge in [0, 0.05) is 34.8 Å². The zero-order chi connectivity index (χ0) is 20.1. The number of hydrogen-bond donors (Lipinski definition) is 2. The summed E-state index contributed by atoms with van der Waals surface area (Å²) in [6, 6.07) is 18.3. The molecule has 0 atom stereocenters. The van der Waals surface area contributed by atoms with E-state index in [0.29, 0.717) is 6.54 Å². The van der Waals surface area contributed by atoms with Gasteiger partial charge in [-0.1, -0.05) is 42.1 Å². The third kappa shape index (κ3) is 5.84. The van der Waals surface area contributed by atoms with E-state index in [2.05, 4.69) is 27.7 Å². The van der Waals surface area contributed by atoms with Crippen molar-refractivity contribution in [2.45, 2.75) is 41.5 Å². The molecule has 4 rings (SSSR count). The summed E-state index contributed by atoms with van der Waals surface area (Å²) in [6.07, 6.45) is 3.89. The van der Waals surface area contributed by atoms with Gasteiger partial charge in [-0.05, 0) is 49.9 Å². The molecule has 0 aromatic heterocycles. The molecule has 2 aliphatic rings. The van der Waals surface area contributed by atoms with Gasteiger partial charge in [0.1, 0.15) is 0 Å². The van der Waals surface area contributed by atoms with Crippen molar-refractivity contribution in [3.05, 3.63) is 54.6 Å². The van der Waals surface area contributed by atoms with E-state index in [1.165, 1.54) is 0 Å².